The Balaban J connectivity index is 1.65. The first-order valence-corrected chi connectivity index (χ1v) is 9.29. The highest BCUT2D eigenvalue weighted by Gasteiger charge is 2.12. The molecular weight excluding hydrogens is 316 g/mol. The van der Waals surface area contributed by atoms with Crippen LogP contribution in [-0.2, 0) is 13.0 Å². The lowest BCUT2D eigenvalue weighted by atomic mass is 10.0. The molecule has 4 aromatic rings. The minimum atomic E-state index is 0.590. The molecule has 0 radical (unpaired) electrons. The maximum Gasteiger partial charge on any atom is 0.114 e. The molecule has 2 heteroatoms. The Morgan fingerprint density at radius 3 is 2.15 bits per heavy atom. The van der Waals surface area contributed by atoms with Crippen LogP contribution in [0.2, 0.25) is 0 Å². The van der Waals surface area contributed by atoms with Crippen molar-refractivity contribution in [3.8, 4) is 11.1 Å². The van der Waals surface area contributed by atoms with Crippen LogP contribution in [0.1, 0.15) is 25.2 Å². The summed E-state index contributed by atoms with van der Waals surface area (Å²) >= 11 is 0. The monoisotopic (exact) mass is 340 g/mol. The predicted octanol–water partition coefficient (Wildman–Crippen LogP) is 5.95. The van der Waals surface area contributed by atoms with Crippen LogP contribution in [-0.4, -0.2) is 9.55 Å². The lowest BCUT2D eigenvalue weighted by Gasteiger charge is -2.12. The number of fused-ring (bicyclic) bond motifs is 1. The fraction of sp³-hybridized carbons (Fsp3) is 0.208. The number of imidazole rings is 1. The van der Waals surface area contributed by atoms with Crippen LogP contribution in [0.15, 0.2) is 78.9 Å². The summed E-state index contributed by atoms with van der Waals surface area (Å²) in [6.07, 6.45) is 0.858. The van der Waals surface area contributed by atoms with E-state index in [4.69, 9.17) is 4.98 Å². The highest BCUT2D eigenvalue weighted by molar-refractivity contribution is 5.76. The third kappa shape index (κ3) is 3.41. The normalized spacial score (nSPS) is 11.3. The van der Waals surface area contributed by atoms with Crippen LogP contribution in [0.5, 0.6) is 0 Å². The van der Waals surface area contributed by atoms with E-state index in [1.165, 1.54) is 22.2 Å². The maximum atomic E-state index is 4.90. The van der Waals surface area contributed by atoms with E-state index in [1.807, 2.05) is 0 Å². The molecular formula is C24H24N2. The van der Waals surface area contributed by atoms with E-state index in [1.54, 1.807) is 0 Å². The van der Waals surface area contributed by atoms with Gasteiger partial charge in [-0.15, -0.1) is 0 Å². The van der Waals surface area contributed by atoms with E-state index in [-0.39, 0.29) is 0 Å². The van der Waals surface area contributed by atoms with Crippen LogP contribution in [0.3, 0.4) is 0 Å². The second-order valence-corrected chi connectivity index (χ2v) is 7.26. The van der Waals surface area contributed by atoms with Crippen molar-refractivity contribution >= 4 is 11.0 Å². The van der Waals surface area contributed by atoms with E-state index >= 15 is 0 Å². The highest BCUT2D eigenvalue weighted by atomic mass is 15.1. The van der Waals surface area contributed by atoms with E-state index in [2.05, 4.69) is 97.3 Å². The molecule has 0 aliphatic rings. The van der Waals surface area contributed by atoms with E-state index in [0.717, 1.165) is 24.3 Å². The number of rotatable bonds is 5. The van der Waals surface area contributed by atoms with Crippen molar-refractivity contribution < 1.29 is 0 Å². The number of para-hydroxylation sites is 2. The van der Waals surface area contributed by atoms with Gasteiger partial charge >= 0.3 is 0 Å². The number of aromatic nitrogens is 2. The number of hydrogen-bond acceptors (Lipinski definition) is 1. The van der Waals surface area contributed by atoms with Gasteiger partial charge < -0.3 is 4.57 Å². The van der Waals surface area contributed by atoms with E-state index < -0.39 is 0 Å². The van der Waals surface area contributed by atoms with Gasteiger partial charge in [0, 0.05) is 13.0 Å². The molecule has 3 aromatic carbocycles. The first-order valence-electron chi connectivity index (χ1n) is 9.29. The molecule has 0 spiro atoms. The summed E-state index contributed by atoms with van der Waals surface area (Å²) in [6.45, 7) is 5.51. The van der Waals surface area contributed by atoms with Gasteiger partial charge in [-0.2, -0.15) is 0 Å². The zero-order chi connectivity index (χ0) is 17.9. The first-order chi connectivity index (χ1) is 12.7. The molecule has 0 saturated heterocycles. The van der Waals surface area contributed by atoms with Crippen molar-refractivity contribution in [2.24, 2.45) is 5.92 Å². The lowest BCUT2D eigenvalue weighted by Crippen LogP contribution is -2.09. The summed E-state index contributed by atoms with van der Waals surface area (Å²) < 4.78 is 2.38. The molecule has 26 heavy (non-hydrogen) atoms. The molecule has 0 fully saturated rings. The zero-order valence-corrected chi connectivity index (χ0v) is 15.4. The molecule has 0 aliphatic carbocycles. The highest BCUT2D eigenvalue weighted by Crippen LogP contribution is 2.23. The fourth-order valence-electron chi connectivity index (χ4n) is 3.46. The minimum Gasteiger partial charge on any atom is -0.327 e. The summed E-state index contributed by atoms with van der Waals surface area (Å²) in [7, 11) is 0. The van der Waals surface area contributed by atoms with Crippen molar-refractivity contribution in [3.05, 3.63) is 90.3 Å². The Morgan fingerprint density at radius 1 is 0.769 bits per heavy atom. The second-order valence-electron chi connectivity index (χ2n) is 7.26. The number of benzene rings is 3. The Labute approximate surface area is 155 Å². The standard InChI is InChI=1S/C24H24N2/c1-18(2)17-26-23-11-7-6-10-22(23)25-24(26)16-19-12-14-21(15-13-19)20-8-4-3-5-9-20/h3-15,18H,16-17H2,1-2H3. The molecule has 4 rings (SSSR count). The van der Waals surface area contributed by atoms with Gasteiger partial charge in [0.1, 0.15) is 5.82 Å². The van der Waals surface area contributed by atoms with Crippen molar-refractivity contribution in [2.75, 3.05) is 0 Å². The van der Waals surface area contributed by atoms with Crippen molar-refractivity contribution in [1.82, 2.24) is 9.55 Å². The van der Waals surface area contributed by atoms with Crippen molar-refractivity contribution in [2.45, 2.75) is 26.8 Å². The van der Waals surface area contributed by atoms with Crippen LogP contribution in [0.25, 0.3) is 22.2 Å². The second kappa shape index (κ2) is 7.17. The SMILES string of the molecule is CC(C)Cn1c(Cc2ccc(-c3ccccc3)cc2)nc2ccccc21. The van der Waals surface area contributed by atoms with Crippen molar-refractivity contribution in [1.29, 1.82) is 0 Å². The molecule has 130 valence electrons. The molecule has 0 N–H and O–H groups in total. The largest absolute Gasteiger partial charge is 0.327 e. The van der Waals surface area contributed by atoms with Crippen LogP contribution in [0.4, 0.5) is 0 Å². The van der Waals surface area contributed by atoms with Gasteiger partial charge in [0.25, 0.3) is 0 Å². The zero-order valence-electron chi connectivity index (χ0n) is 15.4. The van der Waals surface area contributed by atoms with Gasteiger partial charge in [-0.05, 0) is 34.7 Å². The van der Waals surface area contributed by atoms with Gasteiger partial charge in [-0.3, -0.25) is 0 Å². The molecule has 1 heterocycles. The smallest absolute Gasteiger partial charge is 0.114 e. The topological polar surface area (TPSA) is 17.8 Å². The molecule has 0 bridgehead atoms. The van der Waals surface area contributed by atoms with E-state index in [9.17, 15) is 0 Å². The number of hydrogen-bond donors (Lipinski definition) is 0. The third-order valence-corrected chi connectivity index (χ3v) is 4.70. The van der Waals surface area contributed by atoms with Crippen molar-refractivity contribution in [3.63, 3.8) is 0 Å². The maximum absolute atomic E-state index is 4.90. The quantitative estimate of drug-likeness (QED) is 0.439. The molecule has 0 unspecified atom stereocenters. The summed E-state index contributed by atoms with van der Waals surface area (Å²) in [5.74, 6) is 1.74. The van der Waals surface area contributed by atoms with Crippen LogP contribution in [0, 0.1) is 5.92 Å². The molecule has 0 aliphatic heterocycles. The Morgan fingerprint density at radius 2 is 1.42 bits per heavy atom. The minimum absolute atomic E-state index is 0.590. The third-order valence-electron chi connectivity index (χ3n) is 4.70. The fourth-order valence-corrected chi connectivity index (χ4v) is 3.46. The predicted molar refractivity (Wildman–Crippen MR) is 109 cm³/mol. The molecule has 1 aromatic heterocycles. The summed E-state index contributed by atoms with van der Waals surface area (Å²) in [4.78, 5) is 4.90. The van der Waals surface area contributed by atoms with Gasteiger partial charge in [-0.25, -0.2) is 4.98 Å². The van der Waals surface area contributed by atoms with Gasteiger partial charge in [0.15, 0.2) is 0 Å². The van der Waals surface area contributed by atoms with Crippen LogP contribution >= 0.6 is 0 Å². The average Bonchev–Trinajstić information content (AvgIpc) is 3.00. The first kappa shape index (κ1) is 16.6. The lowest BCUT2D eigenvalue weighted by molar-refractivity contribution is 0.520. The number of nitrogens with zero attached hydrogens (tertiary/aromatic N) is 2. The van der Waals surface area contributed by atoms with Crippen LogP contribution < -0.4 is 0 Å². The summed E-state index contributed by atoms with van der Waals surface area (Å²) in [6, 6.07) is 27.8. The van der Waals surface area contributed by atoms with E-state index in [0.29, 0.717) is 5.92 Å². The molecule has 0 amide bonds. The molecule has 0 atom stereocenters. The summed E-state index contributed by atoms with van der Waals surface area (Å²) in [5.41, 5.74) is 6.13. The Bertz CT molecular complexity index is 996. The van der Waals surface area contributed by atoms with Gasteiger partial charge in [0.05, 0.1) is 11.0 Å². The molecule has 0 saturated carbocycles. The Hall–Kier alpha value is -2.87. The Kier molecular flexibility index (Phi) is 4.57. The van der Waals surface area contributed by atoms with Gasteiger partial charge in [0.2, 0.25) is 0 Å². The van der Waals surface area contributed by atoms with Gasteiger partial charge in [-0.1, -0.05) is 80.6 Å². The molecule has 2 nitrogen and oxygen atoms in total. The summed E-state index contributed by atoms with van der Waals surface area (Å²) in [5, 5.41) is 0. The average molecular weight is 340 g/mol.